The van der Waals surface area contributed by atoms with Gasteiger partial charge < -0.3 is 10.1 Å². The van der Waals surface area contributed by atoms with Gasteiger partial charge in [0, 0.05) is 24.0 Å². The first-order chi connectivity index (χ1) is 8.86. The van der Waals surface area contributed by atoms with Crippen LogP contribution in [0.25, 0.3) is 11.1 Å². The van der Waals surface area contributed by atoms with E-state index in [0.29, 0.717) is 6.61 Å². The lowest BCUT2D eigenvalue weighted by molar-refractivity contribution is 0.339. The van der Waals surface area contributed by atoms with Crippen LogP contribution in [0.4, 0.5) is 5.69 Å². The average molecular weight is 240 g/mol. The topological polar surface area (TPSA) is 34.1 Å². The predicted molar refractivity (Wildman–Crippen MR) is 73.0 cm³/mol. The Morgan fingerprint density at radius 1 is 1.22 bits per heavy atom. The van der Waals surface area contributed by atoms with Gasteiger partial charge in [0.25, 0.3) is 0 Å². The summed E-state index contributed by atoms with van der Waals surface area (Å²) in [4.78, 5) is 4.23. The third kappa shape index (κ3) is 2.04. The zero-order valence-electron chi connectivity index (χ0n) is 10.4. The van der Waals surface area contributed by atoms with Crippen LogP contribution in [0.2, 0.25) is 0 Å². The van der Waals surface area contributed by atoms with E-state index in [1.165, 1.54) is 16.8 Å². The first-order valence-electron chi connectivity index (χ1n) is 6.32. The molecule has 0 bridgehead atoms. The molecular formula is C15H16N2O. The molecule has 1 aromatic carbocycles. The lowest BCUT2D eigenvalue weighted by atomic mass is 10.0. The Balaban J connectivity index is 1.96. The predicted octanol–water partition coefficient (Wildman–Crippen LogP) is 3.12. The van der Waals surface area contributed by atoms with Crippen LogP contribution in [0.5, 0.6) is 5.75 Å². The van der Waals surface area contributed by atoms with Gasteiger partial charge in [-0.1, -0.05) is 12.1 Å². The van der Waals surface area contributed by atoms with Crippen molar-refractivity contribution < 1.29 is 4.74 Å². The first-order valence-corrected chi connectivity index (χ1v) is 6.32. The summed E-state index contributed by atoms with van der Waals surface area (Å²) in [5.41, 5.74) is 4.91. The summed E-state index contributed by atoms with van der Waals surface area (Å²) in [6, 6.07) is 8.57. The van der Waals surface area contributed by atoms with Crippen molar-refractivity contribution in [3.8, 4) is 16.9 Å². The normalized spacial score (nSPS) is 12.9. The summed E-state index contributed by atoms with van der Waals surface area (Å²) in [6.07, 6.45) is 4.74. The van der Waals surface area contributed by atoms with Crippen LogP contribution in [0, 0.1) is 0 Å². The molecule has 0 fully saturated rings. The van der Waals surface area contributed by atoms with Crippen LogP contribution in [0.3, 0.4) is 0 Å². The molecule has 0 atom stereocenters. The molecule has 0 spiro atoms. The molecule has 0 aliphatic carbocycles. The average Bonchev–Trinajstić information content (AvgIpc) is 2.86. The number of rotatable bonds is 3. The largest absolute Gasteiger partial charge is 0.492 e. The van der Waals surface area contributed by atoms with Crippen molar-refractivity contribution in [2.45, 2.75) is 13.3 Å². The standard InChI is InChI=1S/C15H16N2O/c1-2-18-14-7-13(9-16-10-14)12-4-3-11-5-6-17-15(11)8-12/h3-4,7-10,17H,2,5-6H2,1H3. The second-order valence-corrected chi connectivity index (χ2v) is 4.39. The lowest BCUT2D eigenvalue weighted by Crippen LogP contribution is -1.93. The highest BCUT2D eigenvalue weighted by Crippen LogP contribution is 2.29. The molecule has 0 unspecified atom stereocenters. The maximum atomic E-state index is 5.48. The second kappa shape index (κ2) is 4.69. The van der Waals surface area contributed by atoms with Crippen LogP contribution in [-0.4, -0.2) is 18.1 Å². The molecular weight excluding hydrogens is 224 g/mol. The summed E-state index contributed by atoms with van der Waals surface area (Å²) < 4.78 is 5.48. The second-order valence-electron chi connectivity index (χ2n) is 4.39. The van der Waals surface area contributed by atoms with Gasteiger partial charge in [0.1, 0.15) is 5.75 Å². The number of nitrogens with one attached hydrogen (secondary N) is 1. The van der Waals surface area contributed by atoms with Gasteiger partial charge in [-0.05, 0) is 36.6 Å². The van der Waals surface area contributed by atoms with Crippen molar-refractivity contribution >= 4 is 5.69 Å². The van der Waals surface area contributed by atoms with Crippen molar-refractivity contribution in [1.82, 2.24) is 4.98 Å². The lowest BCUT2D eigenvalue weighted by Gasteiger charge is -2.07. The quantitative estimate of drug-likeness (QED) is 0.895. The molecule has 1 aromatic heterocycles. The highest BCUT2D eigenvalue weighted by Gasteiger charge is 2.11. The van der Waals surface area contributed by atoms with Gasteiger partial charge in [-0.2, -0.15) is 0 Å². The summed E-state index contributed by atoms with van der Waals surface area (Å²) in [5.74, 6) is 0.823. The highest BCUT2D eigenvalue weighted by atomic mass is 16.5. The zero-order valence-corrected chi connectivity index (χ0v) is 10.4. The van der Waals surface area contributed by atoms with E-state index < -0.39 is 0 Å². The van der Waals surface area contributed by atoms with Crippen LogP contribution in [0.1, 0.15) is 12.5 Å². The minimum Gasteiger partial charge on any atom is -0.492 e. The highest BCUT2D eigenvalue weighted by molar-refractivity contribution is 5.71. The van der Waals surface area contributed by atoms with E-state index in [1.54, 1.807) is 6.20 Å². The molecule has 3 heteroatoms. The van der Waals surface area contributed by atoms with Crippen LogP contribution < -0.4 is 10.1 Å². The van der Waals surface area contributed by atoms with E-state index in [2.05, 4.69) is 28.5 Å². The molecule has 92 valence electrons. The Morgan fingerprint density at radius 2 is 2.17 bits per heavy atom. The summed E-state index contributed by atoms with van der Waals surface area (Å²) in [5, 5.41) is 3.40. The Bertz CT molecular complexity index is 566. The van der Waals surface area contributed by atoms with E-state index in [4.69, 9.17) is 4.74 Å². The number of nitrogens with zero attached hydrogens (tertiary/aromatic N) is 1. The Kier molecular flexibility index (Phi) is 2.89. The molecule has 1 aliphatic heterocycles. The summed E-state index contributed by atoms with van der Waals surface area (Å²) in [6.45, 7) is 3.68. The molecule has 3 rings (SSSR count). The molecule has 0 radical (unpaired) electrons. The Labute approximate surface area is 107 Å². The fraction of sp³-hybridized carbons (Fsp3) is 0.267. The Morgan fingerprint density at radius 3 is 3.06 bits per heavy atom. The van der Waals surface area contributed by atoms with E-state index in [9.17, 15) is 0 Å². The van der Waals surface area contributed by atoms with Gasteiger partial charge in [-0.15, -0.1) is 0 Å². The molecule has 1 N–H and O–H groups in total. The third-order valence-corrected chi connectivity index (χ3v) is 3.18. The van der Waals surface area contributed by atoms with Crippen molar-refractivity contribution in [3.63, 3.8) is 0 Å². The molecule has 0 saturated carbocycles. The number of pyridine rings is 1. The minimum atomic E-state index is 0.664. The first kappa shape index (κ1) is 11.1. The number of aromatic nitrogens is 1. The molecule has 2 aromatic rings. The molecule has 0 amide bonds. The molecule has 18 heavy (non-hydrogen) atoms. The number of benzene rings is 1. The van der Waals surface area contributed by atoms with E-state index in [0.717, 1.165) is 24.3 Å². The van der Waals surface area contributed by atoms with Gasteiger partial charge in [0.05, 0.1) is 12.8 Å². The maximum absolute atomic E-state index is 5.48. The van der Waals surface area contributed by atoms with Gasteiger partial charge in [-0.25, -0.2) is 0 Å². The van der Waals surface area contributed by atoms with Crippen molar-refractivity contribution in [2.24, 2.45) is 0 Å². The SMILES string of the molecule is CCOc1cncc(-c2ccc3c(c2)NCC3)c1. The monoisotopic (exact) mass is 240 g/mol. The number of hydrogen-bond donors (Lipinski definition) is 1. The Hall–Kier alpha value is -2.03. The van der Waals surface area contributed by atoms with Gasteiger partial charge in [0.2, 0.25) is 0 Å². The van der Waals surface area contributed by atoms with Crippen LogP contribution in [0.15, 0.2) is 36.7 Å². The molecule has 0 saturated heterocycles. The van der Waals surface area contributed by atoms with Gasteiger partial charge in [-0.3, -0.25) is 4.98 Å². The molecule has 3 nitrogen and oxygen atoms in total. The van der Waals surface area contributed by atoms with Gasteiger partial charge in [0.15, 0.2) is 0 Å². The van der Waals surface area contributed by atoms with E-state index in [-0.39, 0.29) is 0 Å². The third-order valence-electron chi connectivity index (χ3n) is 3.18. The molecule has 2 heterocycles. The fourth-order valence-corrected chi connectivity index (χ4v) is 2.29. The smallest absolute Gasteiger partial charge is 0.138 e. The molecule has 1 aliphatic rings. The van der Waals surface area contributed by atoms with E-state index in [1.807, 2.05) is 19.2 Å². The van der Waals surface area contributed by atoms with Crippen molar-refractivity contribution in [2.75, 3.05) is 18.5 Å². The van der Waals surface area contributed by atoms with Crippen LogP contribution in [-0.2, 0) is 6.42 Å². The van der Waals surface area contributed by atoms with Crippen molar-refractivity contribution in [1.29, 1.82) is 0 Å². The maximum Gasteiger partial charge on any atom is 0.138 e. The fourth-order valence-electron chi connectivity index (χ4n) is 2.29. The van der Waals surface area contributed by atoms with Gasteiger partial charge >= 0.3 is 0 Å². The number of ether oxygens (including phenoxy) is 1. The zero-order chi connectivity index (χ0) is 12.4. The summed E-state index contributed by atoms with van der Waals surface area (Å²) in [7, 11) is 0. The number of fused-ring (bicyclic) bond motifs is 1. The van der Waals surface area contributed by atoms with E-state index >= 15 is 0 Å². The minimum absolute atomic E-state index is 0.664. The number of hydrogen-bond acceptors (Lipinski definition) is 3. The number of anilines is 1. The summed E-state index contributed by atoms with van der Waals surface area (Å²) >= 11 is 0. The van der Waals surface area contributed by atoms with Crippen molar-refractivity contribution in [3.05, 3.63) is 42.2 Å². The van der Waals surface area contributed by atoms with Crippen LogP contribution >= 0.6 is 0 Å².